The molecule has 10 rings (SSSR count). The Kier molecular flexibility index (Phi) is 5.45. The van der Waals surface area contributed by atoms with E-state index in [-0.39, 0.29) is 0 Å². The number of thiophene rings is 1. The average Bonchev–Trinajstić information content (AvgIpc) is 3.71. The van der Waals surface area contributed by atoms with Gasteiger partial charge in [0, 0.05) is 38.8 Å². The van der Waals surface area contributed by atoms with Gasteiger partial charge in [0.1, 0.15) is 10.5 Å². The summed E-state index contributed by atoms with van der Waals surface area (Å²) in [7, 11) is 0. The van der Waals surface area contributed by atoms with Crippen LogP contribution < -0.4 is 0 Å². The Labute approximate surface area is 268 Å². The first kappa shape index (κ1) is 25.5. The molecule has 0 spiro atoms. The Morgan fingerprint density at radius 1 is 0.478 bits per heavy atom. The summed E-state index contributed by atoms with van der Waals surface area (Å²) in [5.74, 6) is 0. The van der Waals surface area contributed by atoms with E-state index in [2.05, 4.69) is 132 Å². The second-order valence-corrected chi connectivity index (χ2v) is 12.9. The van der Waals surface area contributed by atoms with E-state index in [1.54, 1.807) is 11.3 Å². The third-order valence-corrected chi connectivity index (χ3v) is 10.3. The van der Waals surface area contributed by atoms with Gasteiger partial charge in [0.25, 0.3) is 0 Å². The molecule has 46 heavy (non-hydrogen) atoms. The minimum atomic E-state index is 0.951. The lowest BCUT2D eigenvalue weighted by Gasteiger charge is -2.18. The van der Waals surface area contributed by atoms with Crippen molar-refractivity contribution in [1.29, 1.82) is 0 Å². The third-order valence-electron chi connectivity index (χ3n) is 9.22. The van der Waals surface area contributed by atoms with E-state index in [0.29, 0.717) is 0 Å². The average molecular weight is 604 g/mol. The van der Waals surface area contributed by atoms with Crippen molar-refractivity contribution >= 4 is 69.7 Å². The first-order chi connectivity index (χ1) is 22.8. The van der Waals surface area contributed by atoms with E-state index in [9.17, 15) is 0 Å². The molecule has 0 saturated carbocycles. The summed E-state index contributed by atoms with van der Waals surface area (Å²) in [6, 6.07) is 50.3. The largest absolute Gasteiger partial charge is 0.306 e. The van der Waals surface area contributed by atoms with Gasteiger partial charge in [0.2, 0.25) is 0 Å². The van der Waals surface area contributed by atoms with Gasteiger partial charge in [-0.15, -0.1) is 11.3 Å². The van der Waals surface area contributed by atoms with Crippen molar-refractivity contribution in [2.45, 2.75) is 0 Å². The Morgan fingerprint density at radius 3 is 1.85 bits per heavy atom. The molecular formula is C42H25N3S. The topological polar surface area (TPSA) is 30.2 Å². The van der Waals surface area contributed by atoms with E-state index < -0.39 is 0 Å². The number of para-hydroxylation sites is 1. The van der Waals surface area contributed by atoms with Crippen molar-refractivity contribution in [2.75, 3.05) is 0 Å². The quantitative estimate of drug-likeness (QED) is 0.188. The summed E-state index contributed by atoms with van der Waals surface area (Å²) in [6.45, 7) is 0. The molecule has 0 saturated heterocycles. The minimum absolute atomic E-state index is 0.951. The van der Waals surface area contributed by atoms with E-state index >= 15 is 0 Å². The summed E-state index contributed by atoms with van der Waals surface area (Å²) in [6.07, 6.45) is 4.13. The summed E-state index contributed by atoms with van der Waals surface area (Å²) < 4.78 is 3.33. The predicted molar refractivity (Wildman–Crippen MR) is 195 cm³/mol. The van der Waals surface area contributed by atoms with Gasteiger partial charge >= 0.3 is 0 Å². The molecule has 0 atom stereocenters. The second kappa shape index (κ2) is 9.83. The van der Waals surface area contributed by atoms with Crippen LogP contribution in [0.5, 0.6) is 0 Å². The van der Waals surface area contributed by atoms with E-state index in [4.69, 9.17) is 9.97 Å². The fourth-order valence-corrected chi connectivity index (χ4v) is 8.14. The van der Waals surface area contributed by atoms with Gasteiger partial charge in [-0.25, -0.2) is 9.97 Å². The van der Waals surface area contributed by atoms with Crippen LogP contribution in [-0.4, -0.2) is 14.4 Å². The SMILES string of the molecule is c1ccc2nc3sc4ccc(-c5c6ccccc6c(-c6ccc(-c7cn8ccccc8n7)cc6)c6ccccc56)cc4c3cc2c1. The van der Waals surface area contributed by atoms with Crippen LogP contribution in [0.25, 0.3) is 91.9 Å². The molecule has 0 fully saturated rings. The van der Waals surface area contributed by atoms with Crippen LogP contribution in [0.4, 0.5) is 0 Å². The highest BCUT2D eigenvalue weighted by Gasteiger charge is 2.18. The molecule has 3 nitrogen and oxygen atoms in total. The number of nitrogens with zero attached hydrogens (tertiary/aromatic N) is 3. The van der Waals surface area contributed by atoms with Crippen molar-refractivity contribution in [2.24, 2.45) is 0 Å². The van der Waals surface area contributed by atoms with Gasteiger partial charge in [-0.3, -0.25) is 0 Å². The number of hydrogen-bond acceptors (Lipinski definition) is 3. The molecular weight excluding hydrogens is 579 g/mol. The van der Waals surface area contributed by atoms with Crippen LogP contribution in [0.1, 0.15) is 0 Å². The number of imidazole rings is 1. The number of rotatable bonds is 3. The Balaban J connectivity index is 1.18. The van der Waals surface area contributed by atoms with Gasteiger partial charge in [-0.2, -0.15) is 0 Å². The third kappa shape index (κ3) is 3.84. The molecule has 10 aromatic rings. The highest BCUT2D eigenvalue weighted by molar-refractivity contribution is 7.25. The van der Waals surface area contributed by atoms with Gasteiger partial charge in [-0.1, -0.05) is 103 Å². The van der Waals surface area contributed by atoms with Gasteiger partial charge in [0.15, 0.2) is 0 Å². The van der Waals surface area contributed by atoms with Crippen molar-refractivity contribution < 1.29 is 0 Å². The molecule has 4 heterocycles. The van der Waals surface area contributed by atoms with Crippen LogP contribution in [0.3, 0.4) is 0 Å². The summed E-state index contributed by atoms with van der Waals surface area (Å²) in [4.78, 5) is 10.9. The molecule has 0 aliphatic heterocycles. The molecule has 0 N–H and O–H groups in total. The molecule has 0 radical (unpaired) electrons. The lowest BCUT2D eigenvalue weighted by Crippen LogP contribution is -1.91. The predicted octanol–water partition coefficient (Wildman–Crippen LogP) is 11.6. The van der Waals surface area contributed by atoms with Crippen molar-refractivity contribution in [3.8, 4) is 33.5 Å². The van der Waals surface area contributed by atoms with E-state index in [0.717, 1.165) is 27.3 Å². The smallest absolute Gasteiger partial charge is 0.137 e. The number of hydrogen-bond donors (Lipinski definition) is 0. The molecule has 4 heteroatoms. The molecule has 4 aromatic heterocycles. The lowest BCUT2D eigenvalue weighted by molar-refractivity contribution is 1.19. The van der Waals surface area contributed by atoms with Gasteiger partial charge in [0.05, 0.1) is 11.2 Å². The van der Waals surface area contributed by atoms with E-state index in [1.165, 1.54) is 64.7 Å². The number of pyridine rings is 2. The van der Waals surface area contributed by atoms with Crippen molar-refractivity contribution in [3.63, 3.8) is 0 Å². The maximum atomic E-state index is 5.01. The summed E-state index contributed by atoms with van der Waals surface area (Å²) >= 11 is 1.77. The number of benzene rings is 6. The maximum Gasteiger partial charge on any atom is 0.137 e. The zero-order chi connectivity index (χ0) is 30.2. The highest BCUT2D eigenvalue weighted by Crippen LogP contribution is 2.45. The molecule has 214 valence electrons. The molecule has 0 unspecified atom stereocenters. The zero-order valence-corrected chi connectivity index (χ0v) is 25.5. The molecule has 0 aliphatic carbocycles. The zero-order valence-electron chi connectivity index (χ0n) is 24.7. The van der Waals surface area contributed by atoms with Crippen LogP contribution >= 0.6 is 11.3 Å². The lowest BCUT2D eigenvalue weighted by atomic mass is 9.85. The Hall–Kier alpha value is -5.84. The maximum absolute atomic E-state index is 5.01. The molecule has 6 aromatic carbocycles. The molecule has 0 amide bonds. The Morgan fingerprint density at radius 2 is 1.11 bits per heavy atom. The monoisotopic (exact) mass is 603 g/mol. The Bertz CT molecular complexity index is 2720. The normalized spacial score (nSPS) is 11.9. The van der Waals surface area contributed by atoms with Gasteiger partial charge in [-0.05, 0) is 80.2 Å². The molecule has 0 aliphatic rings. The van der Waals surface area contributed by atoms with E-state index in [1.807, 2.05) is 24.4 Å². The first-order valence-electron chi connectivity index (χ1n) is 15.5. The standard InChI is InChI=1S/C42H25N3S/c1-6-14-36-28(9-1)23-35-34-24-29(20-21-38(34)46-42(35)44-36)41-32-12-4-2-10-30(32)40(31-11-3-5-13-33(31)41)27-18-16-26(17-19-27)37-25-45-22-8-7-15-39(45)43-37/h1-25H. The summed E-state index contributed by atoms with van der Waals surface area (Å²) in [5.41, 5.74) is 9.03. The van der Waals surface area contributed by atoms with Crippen LogP contribution in [0.15, 0.2) is 152 Å². The van der Waals surface area contributed by atoms with Crippen molar-refractivity contribution in [1.82, 2.24) is 14.4 Å². The van der Waals surface area contributed by atoms with Gasteiger partial charge < -0.3 is 4.40 Å². The van der Waals surface area contributed by atoms with Crippen LogP contribution in [0, 0.1) is 0 Å². The second-order valence-electron chi connectivity index (χ2n) is 11.9. The molecule has 0 bridgehead atoms. The highest BCUT2D eigenvalue weighted by atomic mass is 32.1. The van der Waals surface area contributed by atoms with Crippen LogP contribution in [0.2, 0.25) is 0 Å². The fourth-order valence-electron chi connectivity index (χ4n) is 7.09. The number of fused-ring (bicyclic) bond motifs is 7. The minimum Gasteiger partial charge on any atom is -0.306 e. The first-order valence-corrected chi connectivity index (χ1v) is 16.3. The van der Waals surface area contributed by atoms with Crippen molar-refractivity contribution in [3.05, 3.63) is 152 Å². The number of aromatic nitrogens is 3. The fraction of sp³-hybridized carbons (Fsp3) is 0. The van der Waals surface area contributed by atoms with Crippen LogP contribution in [-0.2, 0) is 0 Å². The summed E-state index contributed by atoms with van der Waals surface area (Å²) in [5, 5.41) is 8.66.